The van der Waals surface area contributed by atoms with Crippen molar-refractivity contribution in [3.63, 3.8) is 0 Å². The molecule has 0 spiro atoms. The van der Waals surface area contributed by atoms with Gasteiger partial charge in [0, 0.05) is 33.3 Å². The first kappa shape index (κ1) is 23.1. The average Bonchev–Trinajstić information content (AvgIpc) is 3.18. The Balaban J connectivity index is 1.93. The fourth-order valence-corrected chi connectivity index (χ4v) is 4.21. The highest BCUT2D eigenvalue weighted by Gasteiger charge is 2.50. The summed E-state index contributed by atoms with van der Waals surface area (Å²) in [5, 5.41) is 2.71. The van der Waals surface area contributed by atoms with E-state index in [9.17, 15) is 24.0 Å². The standard InChI is InChI=1S/C22H21NO11/c1-8(24)31-15-6-13-12-5-14-18(30-7-29-14)20(33-10(3)26)16(12)22(28)23-17(13)21(34-11(4)27)19(15)32-9(2)25/h5-6,15,17,19,21H,7H2,1-4H3,(H,23,28)/t15-,17?,19+,21-/m0/s1. The number of hydrogen-bond acceptors (Lipinski definition) is 11. The van der Waals surface area contributed by atoms with Crippen LogP contribution in [0, 0.1) is 0 Å². The number of ether oxygens (including phenoxy) is 6. The van der Waals surface area contributed by atoms with Crippen molar-refractivity contribution in [2.75, 3.05) is 6.79 Å². The van der Waals surface area contributed by atoms with E-state index in [0.717, 1.165) is 13.8 Å². The van der Waals surface area contributed by atoms with Crippen LogP contribution in [0.2, 0.25) is 0 Å². The van der Waals surface area contributed by atoms with Crippen molar-refractivity contribution in [3.8, 4) is 17.2 Å². The predicted octanol–water partition coefficient (Wildman–Crippen LogP) is 0.645. The Kier molecular flexibility index (Phi) is 5.90. The number of nitrogens with one attached hydrogen (secondary N) is 1. The molecule has 1 aliphatic carbocycles. The van der Waals surface area contributed by atoms with Gasteiger partial charge in [0.05, 0.1) is 11.6 Å². The van der Waals surface area contributed by atoms with Gasteiger partial charge in [0.1, 0.15) is 0 Å². The Hall–Kier alpha value is -4.09. The molecule has 2 aliphatic heterocycles. The molecule has 12 heteroatoms. The first-order valence-electron chi connectivity index (χ1n) is 10.3. The highest BCUT2D eigenvalue weighted by atomic mass is 16.7. The topological polar surface area (TPSA) is 153 Å². The van der Waals surface area contributed by atoms with E-state index in [-0.39, 0.29) is 35.2 Å². The molecule has 0 radical (unpaired) electrons. The van der Waals surface area contributed by atoms with Crippen molar-refractivity contribution in [1.29, 1.82) is 0 Å². The molecular weight excluding hydrogens is 454 g/mol. The summed E-state index contributed by atoms with van der Waals surface area (Å²) in [5.74, 6) is -3.27. The fraction of sp³-hybridized carbons (Fsp3) is 0.409. The van der Waals surface area contributed by atoms with Gasteiger partial charge in [-0.2, -0.15) is 0 Å². The maximum Gasteiger partial charge on any atom is 0.308 e. The van der Waals surface area contributed by atoms with E-state index in [1.807, 2.05) is 0 Å². The third kappa shape index (κ3) is 4.14. The lowest BCUT2D eigenvalue weighted by Gasteiger charge is -2.42. The normalized spacial score (nSPS) is 24.0. The van der Waals surface area contributed by atoms with Gasteiger partial charge in [-0.1, -0.05) is 0 Å². The van der Waals surface area contributed by atoms with Crippen molar-refractivity contribution in [3.05, 3.63) is 23.3 Å². The predicted molar refractivity (Wildman–Crippen MR) is 110 cm³/mol. The van der Waals surface area contributed by atoms with Gasteiger partial charge in [-0.05, 0) is 17.7 Å². The number of benzene rings is 1. The van der Waals surface area contributed by atoms with Gasteiger partial charge in [0.25, 0.3) is 5.91 Å². The lowest BCUT2D eigenvalue weighted by atomic mass is 9.79. The molecule has 1 aromatic rings. The maximum atomic E-state index is 13.2. The van der Waals surface area contributed by atoms with Gasteiger partial charge in [0.15, 0.2) is 29.8 Å². The molecular formula is C22H21NO11. The summed E-state index contributed by atoms with van der Waals surface area (Å²) in [6, 6.07) is 0.537. The number of esters is 4. The van der Waals surface area contributed by atoms with E-state index in [1.54, 1.807) is 0 Å². The molecule has 4 rings (SSSR count). The van der Waals surface area contributed by atoms with Gasteiger partial charge < -0.3 is 33.7 Å². The van der Waals surface area contributed by atoms with Gasteiger partial charge in [0.2, 0.25) is 12.5 Å². The molecule has 1 N–H and O–H groups in total. The van der Waals surface area contributed by atoms with Gasteiger partial charge in [-0.25, -0.2) is 0 Å². The van der Waals surface area contributed by atoms with Crippen LogP contribution in [-0.4, -0.2) is 60.9 Å². The summed E-state index contributed by atoms with van der Waals surface area (Å²) in [4.78, 5) is 60.4. The molecule has 0 saturated carbocycles. The molecule has 0 saturated heterocycles. The van der Waals surface area contributed by atoms with E-state index in [0.29, 0.717) is 5.57 Å². The Morgan fingerprint density at radius 1 is 0.912 bits per heavy atom. The fourth-order valence-electron chi connectivity index (χ4n) is 4.21. The molecule has 1 amide bonds. The van der Waals surface area contributed by atoms with Gasteiger partial charge >= 0.3 is 23.9 Å². The van der Waals surface area contributed by atoms with Crippen molar-refractivity contribution in [2.45, 2.75) is 52.0 Å². The van der Waals surface area contributed by atoms with Crippen molar-refractivity contribution < 1.29 is 52.4 Å². The van der Waals surface area contributed by atoms with Crippen LogP contribution in [0.25, 0.3) is 5.57 Å². The smallest absolute Gasteiger partial charge is 0.308 e. The number of fused-ring (bicyclic) bond motifs is 4. The minimum Gasteiger partial charge on any atom is -0.456 e. The molecule has 34 heavy (non-hydrogen) atoms. The van der Waals surface area contributed by atoms with E-state index in [4.69, 9.17) is 28.4 Å². The molecule has 3 aliphatic rings. The van der Waals surface area contributed by atoms with Crippen LogP contribution < -0.4 is 19.5 Å². The number of carbonyl (C=O) groups is 5. The number of rotatable bonds is 4. The minimum atomic E-state index is -1.23. The Bertz CT molecular complexity index is 1140. The maximum absolute atomic E-state index is 13.2. The summed E-state index contributed by atoms with van der Waals surface area (Å²) < 4.78 is 32.3. The highest BCUT2D eigenvalue weighted by molar-refractivity contribution is 6.08. The molecule has 180 valence electrons. The Morgan fingerprint density at radius 2 is 1.56 bits per heavy atom. The third-order valence-corrected chi connectivity index (χ3v) is 5.25. The second-order valence-corrected chi connectivity index (χ2v) is 7.75. The van der Waals surface area contributed by atoms with Crippen molar-refractivity contribution >= 4 is 35.4 Å². The zero-order valence-electron chi connectivity index (χ0n) is 18.7. The van der Waals surface area contributed by atoms with Crippen LogP contribution >= 0.6 is 0 Å². The SMILES string of the molecule is CC(=O)Oc1c2c(cc3c1C(=O)NC1C3=C[C@H](OC(C)=O)[C@@H](OC(C)=O)[C@H]1OC(C)=O)OCO2. The van der Waals surface area contributed by atoms with E-state index < -0.39 is 54.1 Å². The summed E-state index contributed by atoms with van der Waals surface area (Å²) in [6.45, 7) is 4.48. The van der Waals surface area contributed by atoms with Crippen LogP contribution in [0.3, 0.4) is 0 Å². The largest absolute Gasteiger partial charge is 0.456 e. The monoisotopic (exact) mass is 475 g/mol. The lowest BCUT2D eigenvalue weighted by Crippen LogP contribution is -2.60. The molecule has 0 fully saturated rings. The van der Waals surface area contributed by atoms with E-state index >= 15 is 0 Å². The number of hydrogen-bond donors (Lipinski definition) is 1. The van der Waals surface area contributed by atoms with Crippen LogP contribution in [0.5, 0.6) is 17.2 Å². The molecule has 1 unspecified atom stereocenters. The summed E-state index contributed by atoms with van der Waals surface area (Å²) in [5.41, 5.74) is 0.642. The zero-order valence-corrected chi connectivity index (χ0v) is 18.7. The van der Waals surface area contributed by atoms with Crippen LogP contribution in [-0.2, 0) is 33.4 Å². The summed E-state index contributed by atoms with van der Waals surface area (Å²) >= 11 is 0. The Morgan fingerprint density at radius 3 is 2.18 bits per heavy atom. The number of amides is 1. The Labute approximate surface area is 193 Å². The first-order valence-corrected chi connectivity index (χ1v) is 10.3. The van der Waals surface area contributed by atoms with Crippen molar-refractivity contribution in [1.82, 2.24) is 5.32 Å². The van der Waals surface area contributed by atoms with E-state index in [1.165, 1.54) is 26.0 Å². The second kappa shape index (κ2) is 8.69. The molecule has 1 aromatic carbocycles. The highest BCUT2D eigenvalue weighted by Crippen LogP contribution is 2.49. The quantitative estimate of drug-likeness (QED) is 0.371. The molecule has 12 nitrogen and oxygen atoms in total. The minimum absolute atomic E-state index is 0.0176. The van der Waals surface area contributed by atoms with Gasteiger partial charge in [-0.3, -0.25) is 24.0 Å². The molecule has 2 heterocycles. The zero-order chi connectivity index (χ0) is 24.7. The molecule has 4 atom stereocenters. The average molecular weight is 475 g/mol. The first-order chi connectivity index (χ1) is 16.1. The number of carbonyl (C=O) groups excluding carboxylic acids is 5. The van der Waals surface area contributed by atoms with Crippen molar-refractivity contribution in [2.24, 2.45) is 0 Å². The van der Waals surface area contributed by atoms with Crippen LogP contribution in [0.15, 0.2) is 12.1 Å². The lowest BCUT2D eigenvalue weighted by molar-refractivity contribution is -0.181. The van der Waals surface area contributed by atoms with Gasteiger partial charge in [-0.15, -0.1) is 0 Å². The second-order valence-electron chi connectivity index (χ2n) is 7.75. The van der Waals surface area contributed by atoms with E-state index in [2.05, 4.69) is 5.32 Å². The summed E-state index contributed by atoms with van der Waals surface area (Å²) in [7, 11) is 0. The summed E-state index contributed by atoms with van der Waals surface area (Å²) in [6.07, 6.45) is -2.13. The third-order valence-electron chi connectivity index (χ3n) is 5.25. The van der Waals surface area contributed by atoms with Crippen LogP contribution in [0.1, 0.15) is 43.6 Å². The molecule has 0 bridgehead atoms. The van der Waals surface area contributed by atoms with Crippen LogP contribution in [0.4, 0.5) is 0 Å². The molecule has 0 aromatic heterocycles.